The normalized spacial score (nSPS) is 25.4. The fourth-order valence-corrected chi connectivity index (χ4v) is 4.80. The van der Waals surface area contributed by atoms with Crippen LogP contribution < -0.4 is 0 Å². The van der Waals surface area contributed by atoms with Crippen molar-refractivity contribution < 1.29 is 23.1 Å². The van der Waals surface area contributed by atoms with Crippen LogP contribution in [-0.4, -0.2) is 59.8 Å². The summed E-state index contributed by atoms with van der Waals surface area (Å²) in [4.78, 5) is 24.8. The number of carboxylic acids is 1. The number of carbonyl (C=O) groups is 2. The molecule has 2 aliphatic rings. The van der Waals surface area contributed by atoms with E-state index in [1.54, 1.807) is 24.3 Å². The molecule has 1 N–H and O–H groups in total. The molecule has 2 fully saturated rings. The van der Waals surface area contributed by atoms with Gasteiger partial charge >= 0.3 is 5.97 Å². The highest BCUT2D eigenvalue weighted by molar-refractivity contribution is 7.88. The minimum absolute atomic E-state index is 0.157. The number of benzene rings is 1. The molecule has 124 valence electrons. The van der Waals surface area contributed by atoms with Crippen LogP contribution in [0.4, 0.5) is 0 Å². The van der Waals surface area contributed by atoms with Crippen LogP contribution in [0, 0.1) is 0 Å². The van der Waals surface area contributed by atoms with Gasteiger partial charge in [0.25, 0.3) is 0 Å². The zero-order valence-corrected chi connectivity index (χ0v) is 13.3. The summed E-state index contributed by atoms with van der Waals surface area (Å²) in [6.07, 6.45) is 0.887. The van der Waals surface area contributed by atoms with Crippen molar-refractivity contribution in [1.82, 2.24) is 9.21 Å². The molecule has 0 bridgehead atoms. The summed E-state index contributed by atoms with van der Waals surface area (Å²) >= 11 is 0. The maximum absolute atomic E-state index is 12.5. The third-order valence-corrected chi connectivity index (χ3v) is 6.15. The Bertz CT molecular complexity index is 719. The van der Waals surface area contributed by atoms with E-state index in [-0.39, 0.29) is 24.9 Å². The second-order valence-electron chi connectivity index (χ2n) is 5.92. The highest BCUT2D eigenvalue weighted by Gasteiger charge is 2.46. The first-order chi connectivity index (χ1) is 10.9. The van der Waals surface area contributed by atoms with E-state index in [9.17, 15) is 18.0 Å². The van der Waals surface area contributed by atoms with E-state index < -0.39 is 27.9 Å². The van der Waals surface area contributed by atoms with Crippen LogP contribution >= 0.6 is 0 Å². The molecular formula is C15H18N2O5S. The molecule has 0 aromatic heterocycles. The van der Waals surface area contributed by atoms with Crippen LogP contribution in [0.5, 0.6) is 0 Å². The maximum Gasteiger partial charge on any atom is 0.326 e. The van der Waals surface area contributed by atoms with Gasteiger partial charge in [-0.2, -0.15) is 4.31 Å². The van der Waals surface area contributed by atoms with Crippen LogP contribution in [0.3, 0.4) is 0 Å². The van der Waals surface area contributed by atoms with Crippen molar-refractivity contribution in [1.29, 1.82) is 0 Å². The van der Waals surface area contributed by atoms with E-state index >= 15 is 0 Å². The SMILES string of the molecule is O=C(O)[C@@H]1CC[C@H]2CN(S(=O)(=O)Cc3ccccc3)CC(=O)N21. The molecule has 0 saturated carbocycles. The summed E-state index contributed by atoms with van der Waals surface area (Å²) in [6.45, 7) is -0.111. The number of rotatable bonds is 4. The van der Waals surface area contributed by atoms with Gasteiger partial charge in [0.05, 0.1) is 12.3 Å². The Hall–Kier alpha value is -1.93. The Morgan fingerprint density at radius 1 is 1.22 bits per heavy atom. The molecule has 23 heavy (non-hydrogen) atoms. The molecule has 2 aliphatic heterocycles. The highest BCUT2D eigenvalue weighted by atomic mass is 32.2. The molecule has 2 heterocycles. The Morgan fingerprint density at radius 3 is 2.57 bits per heavy atom. The monoisotopic (exact) mass is 338 g/mol. The molecule has 2 atom stereocenters. The number of piperazine rings is 1. The van der Waals surface area contributed by atoms with Crippen LogP contribution in [0.2, 0.25) is 0 Å². The van der Waals surface area contributed by atoms with Gasteiger partial charge in [-0.25, -0.2) is 13.2 Å². The maximum atomic E-state index is 12.5. The Kier molecular flexibility index (Phi) is 4.11. The van der Waals surface area contributed by atoms with Crippen LogP contribution in [0.1, 0.15) is 18.4 Å². The average Bonchev–Trinajstić information content (AvgIpc) is 2.92. The summed E-state index contributed by atoms with van der Waals surface area (Å²) in [7, 11) is -3.61. The van der Waals surface area contributed by atoms with Crippen LogP contribution in [-0.2, 0) is 25.4 Å². The van der Waals surface area contributed by atoms with Crippen LogP contribution in [0.15, 0.2) is 30.3 Å². The number of aliphatic carboxylic acids is 1. The third kappa shape index (κ3) is 3.09. The summed E-state index contributed by atoms with van der Waals surface area (Å²) in [5.41, 5.74) is 0.664. The van der Waals surface area contributed by atoms with E-state index in [1.807, 2.05) is 6.07 Å². The van der Waals surface area contributed by atoms with E-state index in [1.165, 1.54) is 9.21 Å². The zero-order chi connectivity index (χ0) is 16.6. The molecule has 0 aliphatic carbocycles. The molecule has 0 spiro atoms. The largest absolute Gasteiger partial charge is 0.480 e. The van der Waals surface area contributed by atoms with Gasteiger partial charge in [-0.3, -0.25) is 4.79 Å². The molecule has 1 amide bonds. The first kappa shape index (κ1) is 15.9. The molecule has 1 aromatic carbocycles. The van der Waals surface area contributed by atoms with Crippen molar-refractivity contribution in [2.24, 2.45) is 0 Å². The van der Waals surface area contributed by atoms with Crippen molar-refractivity contribution in [3.8, 4) is 0 Å². The van der Waals surface area contributed by atoms with Gasteiger partial charge in [0.15, 0.2) is 0 Å². The minimum atomic E-state index is -3.61. The van der Waals surface area contributed by atoms with Gasteiger partial charge in [-0.1, -0.05) is 30.3 Å². The molecule has 7 nitrogen and oxygen atoms in total. The van der Waals surface area contributed by atoms with Gasteiger partial charge < -0.3 is 10.0 Å². The van der Waals surface area contributed by atoms with Crippen molar-refractivity contribution in [3.63, 3.8) is 0 Å². The van der Waals surface area contributed by atoms with Crippen molar-refractivity contribution >= 4 is 21.9 Å². The standard InChI is InChI=1S/C15H18N2O5S/c18-14-9-16(8-12-6-7-13(15(19)20)17(12)14)23(21,22)10-11-4-2-1-3-5-11/h1-5,12-13H,6-10H2,(H,19,20)/t12-,13-/m0/s1. The molecule has 1 aromatic rings. The molecule has 8 heteroatoms. The average molecular weight is 338 g/mol. The number of amides is 1. The summed E-state index contributed by atoms with van der Waals surface area (Å²) in [5.74, 6) is -1.61. The summed E-state index contributed by atoms with van der Waals surface area (Å²) < 4.78 is 26.3. The molecule has 0 unspecified atom stereocenters. The van der Waals surface area contributed by atoms with Crippen LogP contribution in [0.25, 0.3) is 0 Å². The van der Waals surface area contributed by atoms with Gasteiger partial charge in [0.1, 0.15) is 6.04 Å². The van der Waals surface area contributed by atoms with Crippen molar-refractivity contribution in [2.75, 3.05) is 13.1 Å². The number of hydrogen-bond acceptors (Lipinski definition) is 4. The second kappa shape index (κ2) is 5.93. The lowest BCUT2D eigenvalue weighted by Crippen LogP contribution is -2.58. The lowest BCUT2D eigenvalue weighted by molar-refractivity contribution is -0.151. The van der Waals surface area contributed by atoms with E-state index in [0.29, 0.717) is 18.4 Å². The lowest BCUT2D eigenvalue weighted by Gasteiger charge is -2.38. The molecular weight excluding hydrogens is 320 g/mol. The number of hydrogen-bond donors (Lipinski definition) is 1. The summed E-state index contributed by atoms with van der Waals surface area (Å²) in [6, 6.07) is 7.62. The number of nitrogens with zero attached hydrogens (tertiary/aromatic N) is 2. The molecule has 3 rings (SSSR count). The molecule has 0 radical (unpaired) electrons. The Labute approximate surface area is 134 Å². The second-order valence-corrected chi connectivity index (χ2v) is 7.89. The fourth-order valence-electron chi connectivity index (χ4n) is 3.30. The van der Waals surface area contributed by atoms with Gasteiger partial charge in [0, 0.05) is 12.6 Å². The zero-order valence-electron chi connectivity index (χ0n) is 12.5. The number of sulfonamides is 1. The first-order valence-electron chi connectivity index (χ1n) is 7.44. The number of carboxylic acid groups (broad SMARTS) is 1. The lowest BCUT2D eigenvalue weighted by atomic mass is 10.2. The smallest absolute Gasteiger partial charge is 0.326 e. The topological polar surface area (TPSA) is 95.0 Å². The van der Waals surface area contributed by atoms with E-state index in [0.717, 1.165) is 0 Å². The predicted octanol–water partition coefficient (Wildman–Crippen LogP) is 0.276. The third-order valence-electron chi connectivity index (χ3n) is 4.39. The van der Waals surface area contributed by atoms with Gasteiger partial charge in [0.2, 0.25) is 15.9 Å². The summed E-state index contributed by atoms with van der Waals surface area (Å²) in [5, 5.41) is 9.16. The van der Waals surface area contributed by atoms with E-state index in [2.05, 4.69) is 0 Å². The Balaban J connectivity index is 1.76. The van der Waals surface area contributed by atoms with Gasteiger partial charge in [-0.15, -0.1) is 0 Å². The van der Waals surface area contributed by atoms with E-state index in [4.69, 9.17) is 5.11 Å². The predicted molar refractivity (Wildman–Crippen MR) is 81.9 cm³/mol. The van der Waals surface area contributed by atoms with Crippen molar-refractivity contribution in [3.05, 3.63) is 35.9 Å². The minimum Gasteiger partial charge on any atom is -0.480 e. The van der Waals surface area contributed by atoms with Gasteiger partial charge in [-0.05, 0) is 18.4 Å². The first-order valence-corrected chi connectivity index (χ1v) is 9.05. The van der Waals surface area contributed by atoms with Crippen molar-refractivity contribution in [2.45, 2.75) is 30.7 Å². The number of carbonyl (C=O) groups excluding carboxylic acids is 1. The fraction of sp³-hybridized carbons (Fsp3) is 0.467. The Morgan fingerprint density at radius 2 is 1.91 bits per heavy atom. The number of fused-ring (bicyclic) bond motifs is 1. The quantitative estimate of drug-likeness (QED) is 0.851. The molecule has 2 saturated heterocycles. The highest BCUT2D eigenvalue weighted by Crippen LogP contribution is 2.30.